The van der Waals surface area contributed by atoms with Crippen LogP contribution in [0.25, 0.3) is 0 Å². The zero-order valence-electron chi connectivity index (χ0n) is 5.40. The van der Waals surface area contributed by atoms with Gasteiger partial charge in [-0.1, -0.05) is 23.1 Å². The lowest BCUT2D eigenvalue weighted by Gasteiger charge is -1.90. The molecule has 0 aliphatic carbocycles. The van der Waals surface area contributed by atoms with Crippen molar-refractivity contribution in [2.45, 2.75) is 4.34 Å². The molecule has 0 saturated heterocycles. The van der Waals surface area contributed by atoms with Gasteiger partial charge in [-0.2, -0.15) is 0 Å². The Labute approximate surface area is 66.8 Å². The Balaban J connectivity index is 2.42. The largest absolute Gasteiger partial charge is 0.374 e. The molecule has 1 heterocycles. The van der Waals surface area contributed by atoms with Gasteiger partial charge in [0, 0.05) is 7.11 Å². The van der Waals surface area contributed by atoms with Crippen LogP contribution in [0.5, 0.6) is 0 Å². The fourth-order valence-electron chi connectivity index (χ4n) is 0.388. The number of nitrogens with two attached hydrogens (primary N) is 1. The fraction of sp³-hybridized carbons (Fsp3) is 0.500. The van der Waals surface area contributed by atoms with Crippen LogP contribution in [0.2, 0.25) is 0 Å². The van der Waals surface area contributed by atoms with Crippen molar-refractivity contribution < 1.29 is 4.74 Å². The molecule has 0 fully saturated rings. The molecule has 6 heteroatoms. The normalized spacial score (nSPS) is 10.1. The third-order valence-corrected chi connectivity index (χ3v) is 2.56. The van der Waals surface area contributed by atoms with Gasteiger partial charge in [0.05, 0.1) is 5.94 Å². The van der Waals surface area contributed by atoms with Crippen LogP contribution in [0, 0.1) is 0 Å². The van der Waals surface area contributed by atoms with Crippen molar-refractivity contribution in [1.29, 1.82) is 0 Å². The average molecular weight is 177 g/mol. The molecule has 1 rings (SSSR count). The summed E-state index contributed by atoms with van der Waals surface area (Å²) in [6.07, 6.45) is 0. The summed E-state index contributed by atoms with van der Waals surface area (Å²) in [5.74, 6) is 0.592. The third kappa shape index (κ3) is 2.13. The maximum atomic E-state index is 5.34. The Morgan fingerprint density at radius 2 is 2.50 bits per heavy atom. The number of thioether (sulfide) groups is 1. The van der Waals surface area contributed by atoms with Crippen LogP contribution in [-0.4, -0.2) is 23.2 Å². The van der Waals surface area contributed by atoms with E-state index in [2.05, 4.69) is 10.2 Å². The topological polar surface area (TPSA) is 61.0 Å². The van der Waals surface area contributed by atoms with E-state index in [1.807, 2.05) is 0 Å². The number of hydrogen-bond donors (Lipinski definition) is 1. The molecule has 56 valence electrons. The molecule has 0 atom stereocenters. The maximum absolute atomic E-state index is 5.34. The molecule has 0 amide bonds. The zero-order chi connectivity index (χ0) is 7.40. The average Bonchev–Trinajstić information content (AvgIpc) is 2.31. The summed E-state index contributed by atoms with van der Waals surface area (Å²) >= 11 is 2.85. The van der Waals surface area contributed by atoms with Gasteiger partial charge in [0.15, 0.2) is 4.34 Å². The monoisotopic (exact) mass is 177 g/mol. The quantitative estimate of drug-likeness (QED) is 0.547. The highest BCUT2D eigenvalue weighted by Gasteiger charge is 1.99. The highest BCUT2D eigenvalue weighted by atomic mass is 32.2. The number of ether oxygens (including phenoxy) is 1. The van der Waals surface area contributed by atoms with Gasteiger partial charge in [-0.05, 0) is 0 Å². The van der Waals surface area contributed by atoms with E-state index >= 15 is 0 Å². The lowest BCUT2D eigenvalue weighted by atomic mass is 11.3. The second-order valence-electron chi connectivity index (χ2n) is 1.46. The second-order valence-corrected chi connectivity index (χ2v) is 3.64. The van der Waals surface area contributed by atoms with Crippen molar-refractivity contribution in [2.75, 3.05) is 18.8 Å². The molecule has 0 aromatic carbocycles. The van der Waals surface area contributed by atoms with Crippen LogP contribution in [0.1, 0.15) is 0 Å². The first kappa shape index (κ1) is 7.77. The standard InChI is InChI=1S/C4H7N3OS2/c1-8-2-9-4-7-6-3(5)10-4/h2H2,1H3,(H2,5,6). The number of anilines is 1. The molecule has 0 saturated carbocycles. The number of nitrogen functional groups attached to an aromatic ring is 1. The predicted octanol–water partition coefficient (Wildman–Crippen LogP) is 0.816. The van der Waals surface area contributed by atoms with E-state index in [0.29, 0.717) is 11.1 Å². The Morgan fingerprint density at radius 3 is 3.00 bits per heavy atom. The van der Waals surface area contributed by atoms with E-state index in [4.69, 9.17) is 10.5 Å². The second kappa shape index (κ2) is 3.75. The zero-order valence-corrected chi connectivity index (χ0v) is 7.04. The van der Waals surface area contributed by atoms with Crippen molar-refractivity contribution in [1.82, 2.24) is 10.2 Å². The van der Waals surface area contributed by atoms with E-state index in [0.717, 1.165) is 4.34 Å². The summed E-state index contributed by atoms with van der Waals surface area (Å²) in [5, 5.41) is 7.92. The van der Waals surface area contributed by atoms with Gasteiger partial charge in [0.1, 0.15) is 0 Å². The molecule has 0 bridgehead atoms. The lowest BCUT2D eigenvalue weighted by molar-refractivity contribution is 0.259. The molecule has 0 aliphatic rings. The van der Waals surface area contributed by atoms with Crippen molar-refractivity contribution >= 4 is 28.2 Å². The summed E-state index contributed by atoms with van der Waals surface area (Å²) in [6, 6.07) is 0. The molecular formula is C4H7N3OS2. The summed E-state index contributed by atoms with van der Waals surface area (Å²) in [4.78, 5) is 0. The first-order valence-electron chi connectivity index (χ1n) is 2.53. The van der Waals surface area contributed by atoms with Gasteiger partial charge >= 0.3 is 0 Å². The van der Waals surface area contributed by atoms with Crippen molar-refractivity contribution in [3.8, 4) is 0 Å². The number of hydrogen-bond acceptors (Lipinski definition) is 6. The minimum Gasteiger partial charge on any atom is -0.374 e. The van der Waals surface area contributed by atoms with Crippen molar-refractivity contribution in [2.24, 2.45) is 0 Å². The third-order valence-electron chi connectivity index (χ3n) is 0.722. The minimum absolute atomic E-state index is 0.499. The maximum Gasteiger partial charge on any atom is 0.203 e. The molecule has 0 spiro atoms. The number of nitrogens with zero attached hydrogens (tertiary/aromatic N) is 2. The molecule has 1 aromatic heterocycles. The highest BCUT2D eigenvalue weighted by molar-refractivity contribution is 8.00. The Morgan fingerprint density at radius 1 is 1.70 bits per heavy atom. The van der Waals surface area contributed by atoms with E-state index in [1.165, 1.54) is 23.1 Å². The van der Waals surface area contributed by atoms with E-state index in [-0.39, 0.29) is 0 Å². The number of aromatic nitrogens is 2. The highest BCUT2D eigenvalue weighted by Crippen LogP contribution is 2.22. The molecule has 4 nitrogen and oxygen atoms in total. The van der Waals surface area contributed by atoms with Crippen LogP contribution in [0.15, 0.2) is 4.34 Å². The van der Waals surface area contributed by atoms with Crippen LogP contribution in [0.3, 0.4) is 0 Å². The van der Waals surface area contributed by atoms with Gasteiger partial charge in [0.25, 0.3) is 0 Å². The smallest absolute Gasteiger partial charge is 0.203 e. The summed E-state index contributed by atoms with van der Waals surface area (Å²) in [5.41, 5.74) is 5.34. The molecular weight excluding hydrogens is 170 g/mol. The minimum atomic E-state index is 0.499. The molecule has 0 aliphatic heterocycles. The number of rotatable bonds is 3. The first-order valence-corrected chi connectivity index (χ1v) is 4.34. The van der Waals surface area contributed by atoms with Crippen LogP contribution < -0.4 is 5.73 Å². The lowest BCUT2D eigenvalue weighted by Crippen LogP contribution is -1.80. The first-order chi connectivity index (χ1) is 4.83. The Bertz CT molecular complexity index is 202. The van der Waals surface area contributed by atoms with Gasteiger partial charge < -0.3 is 10.5 Å². The molecule has 0 unspecified atom stereocenters. The molecule has 2 N–H and O–H groups in total. The Hall–Kier alpha value is -0.330. The fourth-order valence-corrected chi connectivity index (χ4v) is 1.68. The summed E-state index contributed by atoms with van der Waals surface area (Å²) in [7, 11) is 1.64. The van der Waals surface area contributed by atoms with Crippen LogP contribution in [0.4, 0.5) is 5.13 Å². The number of methoxy groups -OCH3 is 1. The molecule has 0 radical (unpaired) electrons. The van der Waals surface area contributed by atoms with Crippen LogP contribution in [-0.2, 0) is 4.74 Å². The summed E-state index contributed by atoms with van der Waals surface area (Å²) in [6.45, 7) is 0. The predicted molar refractivity (Wildman–Crippen MR) is 42.1 cm³/mol. The van der Waals surface area contributed by atoms with Gasteiger partial charge in [-0.25, -0.2) is 0 Å². The van der Waals surface area contributed by atoms with Gasteiger partial charge in [-0.15, -0.1) is 10.2 Å². The SMILES string of the molecule is COCSc1nnc(N)s1. The Kier molecular flexibility index (Phi) is 2.91. The van der Waals surface area contributed by atoms with E-state index < -0.39 is 0 Å². The van der Waals surface area contributed by atoms with Crippen molar-refractivity contribution in [3.63, 3.8) is 0 Å². The summed E-state index contributed by atoms with van der Waals surface area (Å²) < 4.78 is 5.66. The van der Waals surface area contributed by atoms with Gasteiger partial charge in [-0.3, -0.25) is 0 Å². The molecule has 1 aromatic rings. The van der Waals surface area contributed by atoms with Gasteiger partial charge in [0.2, 0.25) is 5.13 Å². The van der Waals surface area contributed by atoms with E-state index in [9.17, 15) is 0 Å². The van der Waals surface area contributed by atoms with Crippen LogP contribution >= 0.6 is 23.1 Å². The van der Waals surface area contributed by atoms with Crippen molar-refractivity contribution in [3.05, 3.63) is 0 Å². The molecule has 10 heavy (non-hydrogen) atoms. The van der Waals surface area contributed by atoms with E-state index in [1.54, 1.807) is 7.11 Å².